The molecule has 0 N–H and O–H groups in total. The molecule has 0 amide bonds. The minimum Gasteiger partial charge on any atom is -0.381 e. The van der Waals surface area contributed by atoms with Gasteiger partial charge in [0.25, 0.3) is 0 Å². The van der Waals surface area contributed by atoms with Gasteiger partial charge in [0.15, 0.2) is 0 Å². The smallest absolute Gasteiger partial charge is 0.0466 e. The van der Waals surface area contributed by atoms with E-state index >= 15 is 0 Å². The zero-order chi connectivity index (χ0) is 12.9. The first-order valence-corrected chi connectivity index (χ1v) is 8.23. The van der Waals surface area contributed by atoms with Gasteiger partial charge in [-0.3, -0.25) is 0 Å². The molecule has 0 fully saturated rings. The Morgan fingerprint density at radius 2 is 1.44 bits per heavy atom. The Balaban J connectivity index is 1.82. The van der Waals surface area contributed by atoms with Crippen molar-refractivity contribution in [2.24, 2.45) is 0 Å². The molecular weight excluding hydrogens is 288 g/mol. The van der Waals surface area contributed by atoms with Crippen molar-refractivity contribution in [2.75, 3.05) is 18.5 Å². The lowest BCUT2D eigenvalue weighted by Crippen LogP contribution is -1.98. The first-order chi connectivity index (χ1) is 8.93. The van der Waals surface area contributed by atoms with E-state index in [1.54, 1.807) is 0 Å². The van der Waals surface area contributed by atoms with E-state index in [0.29, 0.717) is 0 Å². The van der Waals surface area contributed by atoms with Crippen molar-refractivity contribution in [1.29, 1.82) is 0 Å². The van der Waals surface area contributed by atoms with Crippen LogP contribution in [0.4, 0.5) is 0 Å². The van der Waals surface area contributed by atoms with E-state index in [0.717, 1.165) is 18.5 Å². The highest BCUT2D eigenvalue weighted by Crippen LogP contribution is 2.05. The van der Waals surface area contributed by atoms with Gasteiger partial charge in [-0.2, -0.15) is 0 Å². The summed E-state index contributed by atoms with van der Waals surface area (Å²) in [6, 6.07) is 10.7. The average Bonchev–Trinajstić information content (AvgIpc) is 2.42. The third-order valence-corrected chi connectivity index (χ3v) is 3.58. The van der Waals surface area contributed by atoms with Gasteiger partial charge < -0.3 is 4.74 Å². The van der Waals surface area contributed by atoms with Crippen LogP contribution in [-0.4, -0.2) is 18.5 Å². The normalized spacial score (nSPS) is 10.7. The minimum absolute atomic E-state index is 0.922. The first-order valence-electron chi connectivity index (χ1n) is 7.11. The lowest BCUT2D eigenvalue weighted by atomic mass is 10.1. The quantitative estimate of drug-likeness (QED) is 0.413. The van der Waals surface area contributed by atoms with Crippen LogP contribution in [0.3, 0.4) is 0 Å². The average molecular weight is 313 g/mol. The lowest BCUT2D eigenvalue weighted by molar-refractivity contribution is 0.126. The van der Waals surface area contributed by atoms with Crippen LogP contribution in [0.1, 0.15) is 44.1 Å². The third kappa shape index (κ3) is 8.71. The molecule has 18 heavy (non-hydrogen) atoms. The first kappa shape index (κ1) is 15.7. The van der Waals surface area contributed by atoms with Gasteiger partial charge in [0, 0.05) is 18.5 Å². The molecule has 0 saturated carbocycles. The number of hydrogen-bond donors (Lipinski definition) is 0. The van der Waals surface area contributed by atoms with Crippen LogP contribution in [0.5, 0.6) is 0 Å². The van der Waals surface area contributed by atoms with Crippen molar-refractivity contribution in [3.05, 3.63) is 35.9 Å². The SMILES string of the molecule is BrCCCCCCOCCCCc1ccccc1. The molecule has 102 valence electrons. The maximum Gasteiger partial charge on any atom is 0.0466 e. The van der Waals surface area contributed by atoms with Crippen LogP contribution < -0.4 is 0 Å². The van der Waals surface area contributed by atoms with Crippen LogP contribution in [-0.2, 0) is 11.2 Å². The molecule has 0 radical (unpaired) electrons. The molecule has 2 heteroatoms. The molecule has 0 aliphatic carbocycles. The van der Waals surface area contributed by atoms with Crippen LogP contribution in [0, 0.1) is 0 Å². The van der Waals surface area contributed by atoms with Gasteiger partial charge in [-0.05, 0) is 37.7 Å². The highest BCUT2D eigenvalue weighted by atomic mass is 79.9. The summed E-state index contributed by atoms with van der Waals surface area (Å²) < 4.78 is 5.64. The third-order valence-electron chi connectivity index (χ3n) is 3.02. The summed E-state index contributed by atoms with van der Waals surface area (Å²) in [6.45, 7) is 1.86. The predicted octanol–water partition coefficient (Wildman–Crippen LogP) is 4.98. The number of benzene rings is 1. The molecule has 1 aromatic rings. The van der Waals surface area contributed by atoms with Gasteiger partial charge in [-0.1, -0.05) is 59.1 Å². The van der Waals surface area contributed by atoms with E-state index in [9.17, 15) is 0 Å². The van der Waals surface area contributed by atoms with Gasteiger partial charge in [-0.25, -0.2) is 0 Å². The Morgan fingerprint density at radius 3 is 2.17 bits per heavy atom. The number of alkyl halides is 1. The van der Waals surface area contributed by atoms with Crippen LogP contribution in [0.2, 0.25) is 0 Å². The Morgan fingerprint density at radius 1 is 0.778 bits per heavy atom. The maximum absolute atomic E-state index is 5.64. The number of rotatable bonds is 11. The molecular formula is C16H25BrO. The Hall–Kier alpha value is -0.340. The van der Waals surface area contributed by atoms with E-state index in [-0.39, 0.29) is 0 Å². The molecule has 1 nitrogen and oxygen atoms in total. The maximum atomic E-state index is 5.64. The summed E-state index contributed by atoms with van der Waals surface area (Å²) >= 11 is 3.45. The second kappa shape index (κ2) is 11.7. The summed E-state index contributed by atoms with van der Waals surface area (Å²) in [6.07, 6.45) is 8.71. The molecule has 0 aromatic heterocycles. The van der Waals surface area contributed by atoms with Crippen molar-refractivity contribution in [1.82, 2.24) is 0 Å². The molecule has 0 aliphatic heterocycles. The van der Waals surface area contributed by atoms with Crippen LogP contribution in [0.25, 0.3) is 0 Å². The van der Waals surface area contributed by atoms with Crippen molar-refractivity contribution in [3.63, 3.8) is 0 Å². The summed E-state index contributed by atoms with van der Waals surface area (Å²) in [5.41, 5.74) is 1.44. The summed E-state index contributed by atoms with van der Waals surface area (Å²) in [5.74, 6) is 0. The molecule has 1 aromatic carbocycles. The second-order valence-electron chi connectivity index (χ2n) is 4.66. The van der Waals surface area contributed by atoms with E-state index in [2.05, 4.69) is 46.3 Å². The van der Waals surface area contributed by atoms with E-state index in [1.165, 1.54) is 50.5 Å². The number of hydrogen-bond acceptors (Lipinski definition) is 1. The van der Waals surface area contributed by atoms with Crippen LogP contribution >= 0.6 is 15.9 Å². The van der Waals surface area contributed by atoms with Gasteiger partial charge in [0.2, 0.25) is 0 Å². The number of unbranched alkanes of at least 4 members (excludes halogenated alkanes) is 4. The van der Waals surface area contributed by atoms with E-state index in [1.807, 2.05) is 0 Å². The predicted molar refractivity (Wildman–Crippen MR) is 82.5 cm³/mol. The summed E-state index contributed by atoms with van der Waals surface area (Å²) in [4.78, 5) is 0. The molecule has 0 atom stereocenters. The fraction of sp³-hybridized carbons (Fsp3) is 0.625. The van der Waals surface area contributed by atoms with E-state index < -0.39 is 0 Å². The van der Waals surface area contributed by atoms with E-state index in [4.69, 9.17) is 4.74 Å². The van der Waals surface area contributed by atoms with Gasteiger partial charge in [0.1, 0.15) is 0 Å². The molecule has 0 heterocycles. The molecule has 0 unspecified atom stereocenters. The Bertz CT molecular complexity index is 274. The standard InChI is InChI=1S/C16H25BrO/c17-13-7-1-2-8-14-18-15-9-6-12-16-10-4-3-5-11-16/h3-5,10-11H,1-2,6-9,12-15H2. The van der Waals surface area contributed by atoms with Crippen molar-refractivity contribution in [3.8, 4) is 0 Å². The number of aryl methyl sites for hydroxylation is 1. The Labute approximate surface area is 120 Å². The van der Waals surface area contributed by atoms with Crippen molar-refractivity contribution < 1.29 is 4.74 Å². The van der Waals surface area contributed by atoms with Gasteiger partial charge in [-0.15, -0.1) is 0 Å². The summed E-state index contributed by atoms with van der Waals surface area (Å²) in [5, 5.41) is 1.13. The monoisotopic (exact) mass is 312 g/mol. The minimum atomic E-state index is 0.922. The molecule has 0 spiro atoms. The fourth-order valence-electron chi connectivity index (χ4n) is 1.93. The van der Waals surface area contributed by atoms with Gasteiger partial charge in [0.05, 0.1) is 0 Å². The summed E-state index contributed by atoms with van der Waals surface area (Å²) in [7, 11) is 0. The zero-order valence-electron chi connectivity index (χ0n) is 11.2. The highest BCUT2D eigenvalue weighted by molar-refractivity contribution is 9.09. The van der Waals surface area contributed by atoms with Gasteiger partial charge >= 0.3 is 0 Å². The zero-order valence-corrected chi connectivity index (χ0v) is 12.8. The molecule has 1 rings (SSSR count). The van der Waals surface area contributed by atoms with Crippen LogP contribution in [0.15, 0.2) is 30.3 Å². The van der Waals surface area contributed by atoms with Crippen molar-refractivity contribution >= 4 is 15.9 Å². The number of halogens is 1. The topological polar surface area (TPSA) is 9.23 Å². The Kier molecular flexibility index (Phi) is 10.2. The second-order valence-corrected chi connectivity index (χ2v) is 5.45. The molecule has 0 saturated heterocycles. The molecule has 0 aliphatic rings. The lowest BCUT2D eigenvalue weighted by Gasteiger charge is -2.04. The van der Waals surface area contributed by atoms with Crippen molar-refractivity contribution in [2.45, 2.75) is 44.9 Å². The number of ether oxygens (including phenoxy) is 1. The largest absolute Gasteiger partial charge is 0.381 e. The highest BCUT2D eigenvalue weighted by Gasteiger charge is 1.94. The molecule has 0 bridgehead atoms. The fourth-order valence-corrected chi connectivity index (χ4v) is 2.33.